The summed E-state index contributed by atoms with van der Waals surface area (Å²) in [6, 6.07) is 2.12. The molecule has 1 aromatic carbocycles. The average Bonchev–Trinajstić information content (AvgIpc) is 2.51. The third-order valence-corrected chi connectivity index (χ3v) is 4.62. The van der Waals surface area contributed by atoms with E-state index in [0.717, 1.165) is 31.4 Å². The molecule has 126 valence electrons. The third kappa shape index (κ3) is 4.82. The second-order valence-electron chi connectivity index (χ2n) is 5.76. The van der Waals surface area contributed by atoms with E-state index in [2.05, 4.69) is 12.2 Å². The number of esters is 1. The Morgan fingerprint density at radius 3 is 2.65 bits per heavy atom. The van der Waals surface area contributed by atoms with Gasteiger partial charge in [-0.3, -0.25) is 4.79 Å². The highest BCUT2D eigenvalue weighted by Gasteiger charge is 2.23. The molecule has 2 rings (SSSR count). The summed E-state index contributed by atoms with van der Waals surface area (Å²) in [6.07, 6.45) is 4.25. The summed E-state index contributed by atoms with van der Waals surface area (Å²) in [5, 5.41) is 2.66. The van der Waals surface area contributed by atoms with Crippen molar-refractivity contribution in [1.29, 1.82) is 0 Å². The zero-order valence-electron chi connectivity index (χ0n) is 12.7. The molecule has 0 unspecified atom stereocenters. The molecule has 1 saturated carbocycles. The lowest BCUT2D eigenvalue weighted by Gasteiger charge is -2.29. The molecular formula is C16H18Cl2FNO3. The maximum Gasteiger partial charge on any atom is 0.340 e. The summed E-state index contributed by atoms with van der Waals surface area (Å²) in [7, 11) is 0. The molecule has 0 spiro atoms. The van der Waals surface area contributed by atoms with Crippen LogP contribution in [-0.4, -0.2) is 24.5 Å². The Hall–Kier alpha value is -1.33. The lowest BCUT2D eigenvalue weighted by molar-refractivity contribution is -0.125. The van der Waals surface area contributed by atoms with Gasteiger partial charge in [0.05, 0.1) is 15.6 Å². The van der Waals surface area contributed by atoms with Crippen molar-refractivity contribution in [3.05, 3.63) is 33.6 Å². The monoisotopic (exact) mass is 361 g/mol. The van der Waals surface area contributed by atoms with E-state index in [4.69, 9.17) is 27.9 Å². The second kappa shape index (κ2) is 7.97. The Labute approximate surface area is 144 Å². The second-order valence-corrected chi connectivity index (χ2v) is 6.57. The molecule has 0 bridgehead atoms. The minimum Gasteiger partial charge on any atom is -0.452 e. The van der Waals surface area contributed by atoms with E-state index < -0.39 is 18.4 Å². The molecule has 0 radical (unpaired) electrons. The zero-order valence-corrected chi connectivity index (χ0v) is 14.2. The smallest absolute Gasteiger partial charge is 0.340 e. The number of hydrogen-bond acceptors (Lipinski definition) is 3. The highest BCUT2D eigenvalue weighted by Crippen LogP contribution is 2.25. The van der Waals surface area contributed by atoms with Crippen molar-refractivity contribution < 1.29 is 18.7 Å². The molecule has 1 aliphatic carbocycles. The van der Waals surface area contributed by atoms with Crippen molar-refractivity contribution in [3.8, 4) is 0 Å². The number of amides is 1. The van der Waals surface area contributed by atoms with E-state index in [-0.39, 0.29) is 27.6 Å². The Bertz CT molecular complexity index is 609. The van der Waals surface area contributed by atoms with Gasteiger partial charge in [-0.25, -0.2) is 9.18 Å². The molecule has 0 aliphatic heterocycles. The van der Waals surface area contributed by atoms with Crippen LogP contribution in [0.15, 0.2) is 12.1 Å². The van der Waals surface area contributed by atoms with Crippen molar-refractivity contribution in [2.24, 2.45) is 5.92 Å². The SMILES string of the molecule is C[C@@H]1CCCC[C@H]1NC(=O)COC(=O)c1cc(F)c(Cl)cc1Cl. The van der Waals surface area contributed by atoms with Crippen LogP contribution in [0.25, 0.3) is 0 Å². The number of hydrogen-bond donors (Lipinski definition) is 1. The molecule has 1 fully saturated rings. The number of carbonyl (C=O) groups is 2. The van der Waals surface area contributed by atoms with Gasteiger partial charge in [-0.05, 0) is 30.9 Å². The van der Waals surface area contributed by atoms with Crippen LogP contribution < -0.4 is 5.32 Å². The first-order valence-electron chi connectivity index (χ1n) is 7.49. The first kappa shape index (κ1) is 18.0. The number of carbonyl (C=O) groups excluding carboxylic acids is 2. The van der Waals surface area contributed by atoms with Gasteiger partial charge >= 0.3 is 5.97 Å². The van der Waals surface area contributed by atoms with E-state index in [0.29, 0.717) is 5.92 Å². The molecule has 1 aromatic rings. The van der Waals surface area contributed by atoms with Crippen LogP contribution >= 0.6 is 23.2 Å². The van der Waals surface area contributed by atoms with Crippen LogP contribution in [0.1, 0.15) is 43.0 Å². The van der Waals surface area contributed by atoms with Crippen LogP contribution in [-0.2, 0) is 9.53 Å². The van der Waals surface area contributed by atoms with Crippen molar-refractivity contribution in [1.82, 2.24) is 5.32 Å². The van der Waals surface area contributed by atoms with Crippen LogP contribution in [0.2, 0.25) is 10.0 Å². The average molecular weight is 362 g/mol. The minimum atomic E-state index is -0.864. The molecule has 1 aliphatic rings. The van der Waals surface area contributed by atoms with Crippen molar-refractivity contribution in [2.75, 3.05) is 6.61 Å². The molecule has 2 atom stereocenters. The summed E-state index contributed by atoms with van der Waals surface area (Å²) in [5.41, 5.74) is -0.160. The largest absolute Gasteiger partial charge is 0.452 e. The Morgan fingerprint density at radius 2 is 1.96 bits per heavy atom. The summed E-state index contributed by atoms with van der Waals surface area (Å²) in [6.45, 7) is 1.66. The summed E-state index contributed by atoms with van der Waals surface area (Å²) >= 11 is 11.4. The van der Waals surface area contributed by atoms with Crippen LogP contribution in [0.5, 0.6) is 0 Å². The van der Waals surface area contributed by atoms with E-state index in [1.165, 1.54) is 6.42 Å². The van der Waals surface area contributed by atoms with Gasteiger partial charge in [0.25, 0.3) is 5.91 Å². The van der Waals surface area contributed by atoms with Gasteiger partial charge in [-0.15, -0.1) is 0 Å². The number of nitrogens with one attached hydrogen (secondary N) is 1. The fourth-order valence-corrected chi connectivity index (χ4v) is 3.13. The highest BCUT2D eigenvalue weighted by atomic mass is 35.5. The van der Waals surface area contributed by atoms with Gasteiger partial charge in [0.2, 0.25) is 0 Å². The molecule has 4 nitrogen and oxygen atoms in total. The molecule has 7 heteroatoms. The van der Waals surface area contributed by atoms with Gasteiger partial charge in [0, 0.05) is 6.04 Å². The number of benzene rings is 1. The Morgan fingerprint density at radius 1 is 1.26 bits per heavy atom. The van der Waals surface area contributed by atoms with Crippen LogP contribution in [0.4, 0.5) is 4.39 Å². The normalized spacial score (nSPS) is 20.9. The lowest BCUT2D eigenvalue weighted by Crippen LogP contribution is -2.42. The third-order valence-electron chi connectivity index (χ3n) is 4.02. The fraction of sp³-hybridized carbons (Fsp3) is 0.500. The standard InChI is InChI=1S/C16H18Cl2FNO3/c1-9-4-2-3-5-14(9)20-15(21)8-23-16(22)10-6-13(19)12(18)7-11(10)17/h6-7,9,14H,2-5,8H2,1H3,(H,20,21)/t9-,14-/m1/s1. The van der Waals surface area contributed by atoms with E-state index in [9.17, 15) is 14.0 Å². The zero-order chi connectivity index (χ0) is 17.0. The van der Waals surface area contributed by atoms with Crippen LogP contribution in [0.3, 0.4) is 0 Å². The predicted octanol–water partition coefficient (Wildman–Crippen LogP) is 3.98. The van der Waals surface area contributed by atoms with Crippen molar-refractivity contribution in [3.63, 3.8) is 0 Å². The Balaban J connectivity index is 1.89. The lowest BCUT2D eigenvalue weighted by atomic mass is 9.86. The first-order chi connectivity index (χ1) is 10.9. The summed E-state index contributed by atoms with van der Waals surface area (Å²) in [4.78, 5) is 23.8. The molecule has 23 heavy (non-hydrogen) atoms. The Kier molecular flexibility index (Phi) is 6.25. The predicted molar refractivity (Wildman–Crippen MR) is 86.3 cm³/mol. The van der Waals surface area contributed by atoms with Gasteiger partial charge in [0.1, 0.15) is 5.82 Å². The molecule has 0 heterocycles. The highest BCUT2D eigenvalue weighted by molar-refractivity contribution is 6.36. The minimum absolute atomic E-state index is 0.0253. The summed E-state index contributed by atoms with van der Waals surface area (Å²) < 4.78 is 18.3. The molecular weight excluding hydrogens is 344 g/mol. The van der Waals surface area contributed by atoms with Gasteiger partial charge in [-0.2, -0.15) is 0 Å². The topological polar surface area (TPSA) is 55.4 Å². The molecule has 0 saturated heterocycles. The van der Waals surface area contributed by atoms with E-state index >= 15 is 0 Å². The first-order valence-corrected chi connectivity index (χ1v) is 8.25. The molecule has 1 amide bonds. The fourth-order valence-electron chi connectivity index (χ4n) is 2.67. The summed E-state index contributed by atoms with van der Waals surface area (Å²) in [5.74, 6) is -1.60. The maximum atomic E-state index is 13.4. The molecule has 1 N–H and O–H groups in total. The number of halogens is 3. The van der Waals surface area contributed by atoms with Crippen LogP contribution in [0, 0.1) is 11.7 Å². The van der Waals surface area contributed by atoms with Crippen molar-refractivity contribution >= 4 is 35.1 Å². The van der Waals surface area contributed by atoms with Crippen molar-refractivity contribution in [2.45, 2.75) is 38.6 Å². The number of rotatable bonds is 4. The quantitative estimate of drug-likeness (QED) is 0.651. The van der Waals surface area contributed by atoms with Gasteiger partial charge in [0.15, 0.2) is 6.61 Å². The maximum absolute atomic E-state index is 13.4. The number of ether oxygens (including phenoxy) is 1. The van der Waals surface area contributed by atoms with Gasteiger partial charge < -0.3 is 10.1 Å². The van der Waals surface area contributed by atoms with E-state index in [1.807, 2.05) is 0 Å². The van der Waals surface area contributed by atoms with Gasteiger partial charge in [-0.1, -0.05) is 43.0 Å². The molecule has 0 aromatic heterocycles. The van der Waals surface area contributed by atoms with E-state index in [1.54, 1.807) is 0 Å².